The molecule has 2 aromatic heterocycles. The summed E-state index contributed by atoms with van der Waals surface area (Å²) in [5, 5.41) is 15.0. The minimum Gasteiger partial charge on any atom is -0.394 e. The highest BCUT2D eigenvalue weighted by atomic mass is 16.3. The number of benzene rings is 1. The molecule has 1 N–H and O–H groups in total. The van der Waals surface area contributed by atoms with Crippen molar-refractivity contribution in [2.75, 3.05) is 19.7 Å². The van der Waals surface area contributed by atoms with E-state index in [1.54, 1.807) is 4.68 Å². The summed E-state index contributed by atoms with van der Waals surface area (Å²) in [5.74, 6) is 1.32. The van der Waals surface area contributed by atoms with Crippen LogP contribution in [-0.2, 0) is 7.05 Å². The zero-order valence-corrected chi connectivity index (χ0v) is 16.7. The number of aromatic nitrogens is 4. The molecular weight excluding hydrogens is 354 g/mol. The van der Waals surface area contributed by atoms with Crippen molar-refractivity contribution in [2.24, 2.45) is 7.05 Å². The SMILES string of the molecule is Cc1cnc(C2CCN(C(=O)c3nn(C)c4ccccc34)CC2)n1C(C)CO. The molecule has 0 radical (unpaired) electrons. The van der Waals surface area contributed by atoms with E-state index in [4.69, 9.17) is 0 Å². The molecule has 1 saturated heterocycles. The lowest BCUT2D eigenvalue weighted by Gasteiger charge is -2.32. The van der Waals surface area contributed by atoms with Crippen LogP contribution in [0.25, 0.3) is 10.9 Å². The molecule has 1 fully saturated rings. The third kappa shape index (κ3) is 3.09. The van der Waals surface area contributed by atoms with Crippen molar-refractivity contribution < 1.29 is 9.90 Å². The summed E-state index contributed by atoms with van der Waals surface area (Å²) in [6.45, 7) is 5.49. The summed E-state index contributed by atoms with van der Waals surface area (Å²) in [6, 6.07) is 7.85. The van der Waals surface area contributed by atoms with Crippen molar-refractivity contribution in [1.29, 1.82) is 0 Å². The Morgan fingerprint density at radius 2 is 2.00 bits per heavy atom. The van der Waals surface area contributed by atoms with Crippen LogP contribution in [0, 0.1) is 6.92 Å². The van der Waals surface area contributed by atoms with Crippen LogP contribution in [-0.4, -0.2) is 54.9 Å². The molecule has 0 bridgehead atoms. The van der Waals surface area contributed by atoms with Crippen LogP contribution in [0.5, 0.6) is 0 Å². The third-order valence-corrected chi connectivity index (χ3v) is 5.82. The molecule has 7 heteroatoms. The zero-order valence-electron chi connectivity index (χ0n) is 16.7. The lowest BCUT2D eigenvalue weighted by Crippen LogP contribution is -2.38. The van der Waals surface area contributed by atoms with Gasteiger partial charge in [-0.1, -0.05) is 18.2 Å². The van der Waals surface area contributed by atoms with Gasteiger partial charge in [0.1, 0.15) is 5.82 Å². The second-order valence-corrected chi connectivity index (χ2v) is 7.72. The van der Waals surface area contributed by atoms with E-state index in [0.29, 0.717) is 24.7 Å². The summed E-state index contributed by atoms with van der Waals surface area (Å²) in [7, 11) is 1.87. The highest BCUT2D eigenvalue weighted by Crippen LogP contribution is 2.31. The Morgan fingerprint density at radius 1 is 1.29 bits per heavy atom. The number of aliphatic hydroxyl groups is 1. The van der Waals surface area contributed by atoms with Gasteiger partial charge in [-0.15, -0.1) is 0 Å². The molecule has 28 heavy (non-hydrogen) atoms. The van der Waals surface area contributed by atoms with Gasteiger partial charge in [-0.25, -0.2) is 4.98 Å². The first-order valence-corrected chi connectivity index (χ1v) is 9.86. The quantitative estimate of drug-likeness (QED) is 0.754. The van der Waals surface area contributed by atoms with E-state index in [-0.39, 0.29) is 18.6 Å². The van der Waals surface area contributed by atoms with Crippen LogP contribution in [0.2, 0.25) is 0 Å². The van der Waals surface area contributed by atoms with Gasteiger partial charge in [-0.05, 0) is 32.8 Å². The van der Waals surface area contributed by atoms with Crippen molar-refractivity contribution in [2.45, 2.75) is 38.6 Å². The normalized spacial score (nSPS) is 16.6. The van der Waals surface area contributed by atoms with Crippen molar-refractivity contribution >= 4 is 16.8 Å². The van der Waals surface area contributed by atoms with Crippen LogP contribution in [0.4, 0.5) is 0 Å². The number of hydrogen-bond acceptors (Lipinski definition) is 4. The van der Waals surface area contributed by atoms with Gasteiger partial charge in [0.2, 0.25) is 0 Å². The average molecular weight is 381 g/mol. The van der Waals surface area contributed by atoms with Gasteiger partial charge in [0.25, 0.3) is 5.91 Å². The number of fused-ring (bicyclic) bond motifs is 1. The standard InChI is InChI=1S/C21H27N5O2/c1-14-12-22-20(26(14)15(2)13-27)16-8-10-25(11-9-16)21(28)19-17-6-4-5-7-18(17)24(3)23-19/h4-7,12,15-16,27H,8-11,13H2,1-3H3. The van der Waals surface area contributed by atoms with E-state index in [0.717, 1.165) is 35.3 Å². The molecule has 1 aliphatic heterocycles. The summed E-state index contributed by atoms with van der Waals surface area (Å²) >= 11 is 0. The Labute approximate surface area is 164 Å². The minimum atomic E-state index is -0.00139. The molecule has 148 valence electrons. The number of rotatable bonds is 4. The van der Waals surface area contributed by atoms with Crippen LogP contribution in [0.1, 0.15) is 53.7 Å². The van der Waals surface area contributed by atoms with Crippen LogP contribution in [0.3, 0.4) is 0 Å². The van der Waals surface area contributed by atoms with Gasteiger partial charge in [-0.3, -0.25) is 9.48 Å². The highest BCUT2D eigenvalue weighted by molar-refractivity contribution is 6.04. The van der Waals surface area contributed by atoms with Gasteiger partial charge in [0.15, 0.2) is 5.69 Å². The number of aryl methyl sites for hydroxylation is 2. The number of likely N-dealkylation sites (tertiary alicyclic amines) is 1. The fourth-order valence-corrected chi connectivity index (χ4v) is 4.28. The topological polar surface area (TPSA) is 76.2 Å². The maximum absolute atomic E-state index is 13.1. The second kappa shape index (κ2) is 7.39. The highest BCUT2D eigenvalue weighted by Gasteiger charge is 2.30. The summed E-state index contributed by atoms with van der Waals surface area (Å²) < 4.78 is 3.90. The van der Waals surface area contributed by atoms with Gasteiger partial charge in [-0.2, -0.15) is 5.10 Å². The van der Waals surface area contributed by atoms with Crippen LogP contribution >= 0.6 is 0 Å². The molecule has 7 nitrogen and oxygen atoms in total. The molecule has 0 aliphatic carbocycles. The molecule has 1 unspecified atom stereocenters. The summed E-state index contributed by atoms with van der Waals surface area (Å²) in [5.41, 5.74) is 2.56. The molecular formula is C21H27N5O2. The molecule has 0 spiro atoms. The third-order valence-electron chi connectivity index (χ3n) is 5.82. The number of imidazole rings is 1. The second-order valence-electron chi connectivity index (χ2n) is 7.72. The van der Waals surface area contributed by atoms with Crippen molar-refractivity contribution in [3.05, 3.63) is 47.7 Å². The maximum atomic E-state index is 13.1. The number of aliphatic hydroxyl groups excluding tert-OH is 1. The molecule has 3 heterocycles. The fourth-order valence-electron chi connectivity index (χ4n) is 4.28. The number of amides is 1. The smallest absolute Gasteiger partial charge is 0.275 e. The number of carbonyl (C=O) groups excluding carboxylic acids is 1. The van der Waals surface area contributed by atoms with Crippen molar-refractivity contribution in [1.82, 2.24) is 24.2 Å². The van der Waals surface area contributed by atoms with Crippen LogP contribution < -0.4 is 0 Å². The lowest BCUT2D eigenvalue weighted by atomic mass is 9.95. The maximum Gasteiger partial charge on any atom is 0.275 e. The molecule has 1 amide bonds. The summed E-state index contributed by atoms with van der Waals surface area (Å²) in [6.07, 6.45) is 3.61. The van der Waals surface area contributed by atoms with E-state index in [2.05, 4.69) is 14.6 Å². The van der Waals surface area contributed by atoms with Gasteiger partial charge < -0.3 is 14.6 Å². The van der Waals surface area contributed by atoms with Crippen LogP contribution in [0.15, 0.2) is 30.5 Å². The first-order chi connectivity index (χ1) is 13.5. The first kappa shape index (κ1) is 18.7. The fraction of sp³-hybridized carbons (Fsp3) is 0.476. The molecule has 1 aliphatic rings. The first-order valence-electron chi connectivity index (χ1n) is 9.86. The Kier molecular flexibility index (Phi) is 4.93. The molecule has 0 saturated carbocycles. The van der Waals surface area contributed by atoms with Crippen molar-refractivity contribution in [3.8, 4) is 0 Å². The summed E-state index contributed by atoms with van der Waals surface area (Å²) in [4.78, 5) is 19.6. The largest absolute Gasteiger partial charge is 0.394 e. The number of hydrogen-bond donors (Lipinski definition) is 1. The number of nitrogens with zero attached hydrogens (tertiary/aromatic N) is 5. The molecule has 3 aromatic rings. The Balaban J connectivity index is 1.51. The number of piperidine rings is 1. The van der Waals surface area contributed by atoms with E-state index in [9.17, 15) is 9.90 Å². The Hall–Kier alpha value is -2.67. The Bertz CT molecular complexity index is 998. The predicted molar refractivity (Wildman–Crippen MR) is 107 cm³/mol. The molecule has 4 rings (SSSR count). The van der Waals surface area contributed by atoms with Gasteiger partial charge in [0, 0.05) is 43.3 Å². The van der Waals surface area contributed by atoms with Gasteiger partial charge >= 0.3 is 0 Å². The lowest BCUT2D eigenvalue weighted by molar-refractivity contribution is 0.0704. The molecule has 1 aromatic carbocycles. The predicted octanol–water partition coefficient (Wildman–Crippen LogP) is 2.65. The molecule has 1 atom stereocenters. The zero-order chi connectivity index (χ0) is 19.8. The Morgan fingerprint density at radius 3 is 2.71 bits per heavy atom. The number of para-hydroxylation sites is 1. The average Bonchev–Trinajstić information content (AvgIpc) is 3.27. The van der Waals surface area contributed by atoms with E-state index in [1.807, 2.05) is 56.3 Å². The van der Waals surface area contributed by atoms with E-state index >= 15 is 0 Å². The monoisotopic (exact) mass is 381 g/mol. The minimum absolute atomic E-state index is 0.00139. The van der Waals surface area contributed by atoms with Crippen molar-refractivity contribution in [3.63, 3.8) is 0 Å². The van der Waals surface area contributed by atoms with Gasteiger partial charge in [0.05, 0.1) is 18.2 Å². The van der Waals surface area contributed by atoms with E-state index < -0.39 is 0 Å². The number of carbonyl (C=O) groups is 1. The van der Waals surface area contributed by atoms with E-state index in [1.165, 1.54) is 0 Å².